The van der Waals surface area contributed by atoms with Crippen molar-refractivity contribution in [1.82, 2.24) is 5.32 Å². The lowest BCUT2D eigenvalue weighted by Crippen LogP contribution is -2.38. The van der Waals surface area contributed by atoms with Gasteiger partial charge in [-0.05, 0) is 24.1 Å². The smallest absolute Gasteiger partial charge is 0.157 e. The van der Waals surface area contributed by atoms with E-state index in [2.05, 4.69) is 5.32 Å². The summed E-state index contributed by atoms with van der Waals surface area (Å²) < 4.78 is 0. The Morgan fingerprint density at radius 2 is 1.82 bits per heavy atom. The Kier molecular flexibility index (Phi) is 4.78. The fraction of sp³-hybridized carbons (Fsp3) is 0.538. The highest BCUT2D eigenvalue weighted by Gasteiger charge is 2.20. The lowest BCUT2D eigenvalue weighted by molar-refractivity contribution is 0.121. The van der Waals surface area contributed by atoms with Crippen molar-refractivity contribution >= 4 is 0 Å². The number of aliphatic hydroxyl groups is 1. The molecular formula is C13H21NO3. The molecule has 4 heteroatoms. The van der Waals surface area contributed by atoms with Crippen LogP contribution >= 0.6 is 0 Å². The zero-order chi connectivity index (χ0) is 13.0. The molecule has 0 aliphatic heterocycles. The van der Waals surface area contributed by atoms with Crippen LogP contribution in [-0.2, 0) is 0 Å². The van der Waals surface area contributed by atoms with Gasteiger partial charge in [-0.15, -0.1) is 0 Å². The third-order valence-electron chi connectivity index (χ3n) is 2.71. The lowest BCUT2D eigenvalue weighted by atomic mass is 9.99. The first-order chi connectivity index (χ1) is 7.95. The van der Waals surface area contributed by atoms with Gasteiger partial charge in [0.05, 0.1) is 6.10 Å². The molecule has 1 aromatic rings. The number of hydrogen-bond acceptors (Lipinski definition) is 4. The Hall–Kier alpha value is -1.26. The van der Waals surface area contributed by atoms with Gasteiger partial charge in [0.2, 0.25) is 0 Å². The van der Waals surface area contributed by atoms with Crippen molar-refractivity contribution in [2.45, 2.75) is 45.4 Å². The van der Waals surface area contributed by atoms with Crippen LogP contribution in [0.3, 0.4) is 0 Å². The molecular weight excluding hydrogens is 218 g/mol. The zero-order valence-electron chi connectivity index (χ0n) is 10.5. The van der Waals surface area contributed by atoms with Crippen LogP contribution in [0.15, 0.2) is 18.2 Å². The van der Waals surface area contributed by atoms with Gasteiger partial charge in [0, 0.05) is 12.1 Å². The summed E-state index contributed by atoms with van der Waals surface area (Å²) in [6.45, 7) is 6.02. The Bertz CT molecular complexity index is 366. The van der Waals surface area contributed by atoms with Gasteiger partial charge in [-0.25, -0.2) is 0 Å². The number of nitrogens with one attached hydrogen (secondary N) is 1. The predicted molar refractivity (Wildman–Crippen MR) is 67.1 cm³/mol. The summed E-state index contributed by atoms with van der Waals surface area (Å²) in [5.74, 6) is -0.383. The minimum Gasteiger partial charge on any atom is -0.504 e. The van der Waals surface area contributed by atoms with Gasteiger partial charge in [-0.1, -0.05) is 26.8 Å². The second-order valence-corrected chi connectivity index (χ2v) is 4.53. The number of aromatic hydroxyl groups is 2. The van der Waals surface area contributed by atoms with Crippen molar-refractivity contribution in [3.05, 3.63) is 23.8 Å². The van der Waals surface area contributed by atoms with E-state index in [9.17, 15) is 15.3 Å². The van der Waals surface area contributed by atoms with Crippen molar-refractivity contribution in [2.24, 2.45) is 0 Å². The normalized spacial score (nSPS) is 14.9. The van der Waals surface area contributed by atoms with Crippen LogP contribution in [-0.4, -0.2) is 27.4 Å². The molecule has 0 saturated carbocycles. The highest BCUT2D eigenvalue weighted by molar-refractivity contribution is 5.41. The second-order valence-electron chi connectivity index (χ2n) is 4.53. The predicted octanol–water partition coefficient (Wildman–Crippen LogP) is 1.91. The van der Waals surface area contributed by atoms with E-state index in [0.717, 1.165) is 6.42 Å². The van der Waals surface area contributed by atoms with Crippen LogP contribution in [0.5, 0.6) is 11.5 Å². The second kappa shape index (κ2) is 5.89. The molecule has 4 nitrogen and oxygen atoms in total. The van der Waals surface area contributed by atoms with Crippen LogP contribution in [0.4, 0.5) is 0 Å². The molecule has 0 bridgehead atoms. The fourth-order valence-corrected chi connectivity index (χ4v) is 1.82. The minimum absolute atomic E-state index is 0.0704. The Labute approximate surface area is 102 Å². The van der Waals surface area contributed by atoms with E-state index in [0.29, 0.717) is 5.56 Å². The van der Waals surface area contributed by atoms with Crippen LogP contribution in [0.2, 0.25) is 0 Å². The fourth-order valence-electron chi connectivity index (χ4n) is 1.82. The van der Waals surface area contributed by atoms with E-state index < -0.39 is 6.10 Å². The highest BCUT2D eigenvalue weighted by Crippen LogP contribution is 2.29. The number of benzene rings is 1. The monoisotopic (exact) mass is 239 g/mol. The standard InChI is InChI=1S/C13H21NO3/c1-4-10(14-8(2)3)13(17)9-5-6-11(15)12(16)7-9/h5-8,10,13-17H,4H2,1-3H3/t10-,13?/m0/s1. The van der Waals surface area contributed by atoms with Gasteiger partial charge in [-0.2, -0.15) is 0 Å². The molecule has 0 radical (unpaired) electrons. The molecule has 0 aromatic heterocycles. The third kappa shape index (κ3) is 3.61. The molecule has 0 amide bonds. The Balaban J connectivity index is 2.85. The summed E-state index contributed by atoms with van der Waals surface area (Å²) in [6, 6.07) is 4.60. The van der Waals surface area contributed by atoms with Gasteiger partial charge in [0.1, 0.15) is 0 Å². The number of aliphatic hydroxyl groups excluding tert-OH is 1. The first-order valence-corrected chi connectivity index (χ1v) is 5.91. The van der Waals surface area contributed by atoms with Gasteiger partial charge in [0.25, 0.3) is 0 Å². The summed E-state index contributed by atoms with van der Waals surface area (Å²) in [4.78, 5) is 0. The van der Waals surface area contributed by atoms with Crippen LogP contribution < -0.4 is 5.32 Å². The maximum Gasteiger partial charge on any atom is 0.157 e. The number of rotatable bonds is 5. The van der Waals surface area contributed by atoms with Crippen LogP contribution in [0.25, 0.3) is 0 Å². The third-order valence-corrected chi connectivity index (χ3v) is 2.71. The molecule has 0 saturated heterocycles. The van der Waals surface area contributed by atoms with Gasteiger partial charge < -0.3 is 20.6 Å². The molecule has 4 N–H and O–H groups in total. The largest absolute Gasteiger partial charge is 0.504 e. The molecule has 2 atom stereocenters. The first kappa shape index (κ1) is 13.8. The van der Waals surface area contributed by atoms with E-state index in [4.69, 9.17) is 0 Å². The molecule has 1 unspecified atom stereocenters. The van der Waals surface area contributed by atoms with Crippen molar-refractivity contribution in [3.8, 4) is 11.5 Å². The zero-order valence-corrected chi connectivity index (χ0v) is 10.5. The number of hydrogen-bond donors (Lipinski definition) is 4. The van der Waals surface area contributed by atoms with E-state index in [1.165, 1.54) is 12.1 Å². The summed E-state index contributed by atoms with van der Waals surface area (Å²) >= 11 is 0. The van der Waals surface area contributed by atoms with E-state index in [1.54, 1.807) is 6.07 Å². The molecule has 17 heavy (non-hydrogen) atoms. The first-order valence-electron chi connectivity index (χ1n) is 5.91. The van der Waals surface area contributed by atoms with Crippen molar-refractivity contribution in [1.29, 1.82) is 0 Å². The Morgan fingerprint density at radius 3 is 2.29 bits per heavy atom. The summed E-state index contributed by atoms with van der Waals surface area (Å²) in [5, 5.41) is 32.1. The summed E-state index contributed by atoms with van der Waals surface area (Å²) in [7, 11) is 0. The maximum atomic E-state index is 10.2. The summed E-state index contributed by atoms with van der Waals surface area (Å²) in [6.07, 6.45) is 0.0787. The van der Waals surface area contributed by atoms with E-state index in [-0.39, 0.29) is 23.6 Å². The molecule has 1 rings (SSSR count). The van der Waals surface area contributed by atoms with Crippen molar-refractivity contribution in [3.63, 3.8) is 0 Å². The van der Waals surface area contributed by atoms with Crippen molar-refractivity contribution in [2.75, 3.05) is 0 Å². The highest BCUT2D eigenvalue weighted by atomic mass is 16.3. The average Bonchev–Trinajstić information content (AvgIpc) is 2.28. The van der Waals surface area contributed by atoms with E-state index in [1.807, 2.05) is 20.8 Å². The van der Waals surface area contributed by atoms with Crippen LogP contribution in [0.1, 0.15) is 38.9 Å². The summed E-state index contributed by atoms with van der Waals surface area (Å²) in [5.41, 5.74) is 0.598. The molecule has 0 aliphatic carbocycles. The van der Waals surface area contributed by atoms with Gasteiger partial charge in [0.15, 0.2) is 11.5 Å². The van der Waals surface area contributed by atoms with Crippen LogP contribution in [0, 0.1) is 0 Å². The quantitative estimate of drug-likeness (QED) is 0.592. The average molecular weight is 239 g/mol. The number of phenols is 2. The topological polar surface area (TPSA) is 72.7 Å². The van der Waals surface area contributed by atoms with E-state index >= 15 is 0 Å². The van der Waals surface area contributed by atoms with Gasteiger partial charge in [-0.3, -0.25) is 0 Å². The molecule has 0 spiro atoms. The molecule has 0 fully saturated rings. The SMILES string of the molecule is CC[C@H](NC(C)C)C(O)c1ccc(O)c(O)c1. The molecule has 0 aliphatic rings. The minimum atomic E-state index is -0.700. The number of phenolic OH excluding ortho intramolecular Hbond substituents is 2. The molecule has 0 heterocycles. The molecule has 96 valence electrons. The van der Waals surface area contributed by atoms with Crippen molar-refractivity contribution < 1.29 is 15.3 Å². The molecule has 1 aromatic carbocycles. The maximum absolute atomic E-state index is 10.2. The lowest BCUT2D eigenvalue weighted by Gasteiger charge is -2.25. The Morgan fingerprint density at radius 1 is 1.18 bits per heavy atom. The van der Waals surface area contributed by atoms with Gasteiger partial charge >= 0.3 is 0 Å².